The molecule has 6 heteroatoms. The average Bonchev–Trinajstić information content (AvgIpc) is 0.811. The van der Waals surface area contributed by atoms with E-state index in [0.717, 1.165) is 0 Å². The van der Waals surface area contributed by atoms with Crippen molar-refractivity contribution in [3.63, 3.8) is 0 Å². The first-order chi connectivity index (χ1) is 1.73. The zero-order valence-corrected chi connectivity index (χ0v) is 10.5. The molecule has 0 aromatic rings. The molecule has 0 aliphatic carbocycles. The fourth-order valence-corrected chi connectivity index (χ4v) is 0. The summed E-state index contributed by atoms with van der Waals surface area (Å²) in [5.74, 6) is 0. The van der Waals surface area contributed by atoms with E-state index < -0.39 is 17.2 Å². The van der Waals surface area contributed by atoms with E-state index in [9.17, 15) is 0 Å². The van der Waals surface area contributed by atoms with Gasteiger partial charge in [0.15, 0.2) is 0 Å². The normalized spacial score (nSPS) is 4.00. The Morgan fingerprint density at radius 3 is 1.00 bits per heavy atom. The average molecular weight is 376 g/mol. The van der Waals surface area contributed by atoms with Gasteiger partial charge in [-0.25, -0.2) is 0 Å². The van der Waals surface area contributed by atoms with Crippen LogP contribution in [-0.2, 0) is 68.2 Å². The quantitative estimate of drug-likeness (QED) is 0.543. The van der Waals surface area contributed by atoms with Gasteiger partial charge in [-0.2, -0.15) is 0 Å². The minimum atomic E-state index is -4.28. The molecule has 0 amide bonds. The minimum Gasteiger partial charge on any atom is -2.00 e. The molecule has 0 radical (unpaired) electrons. The predicted octanol–water partition coefficient (Wildman–Crippen LogP) is -0.364. The van der Waals surface area contributed by atoms with Gasteiger partial charge >= 0.3 is 54.7 Å². The van der Waals surface area contributed by atoms with Crippen molar-refractivity contribution in [2.75, 3.05) is 0 Å². The van der Waals surface area contributed by atoms with E-state index >= 15 is 0 Å². The Balaban J connectivity index is -0.0000000450. The number of hydrogen-bond acceptors (Lipinski definition) is 3. The second kappa shape index (κ2) is 9.61. The van der Waals surface area contributed by atoms with E-state index in [-0.39, 0.29) is 40.8 Å². The summed E-state index contributed by atoms with van der Waals surface area (Å²) in [6.45, 7) is 0. The van der Waals surface area contributed by atoms with Crippen LogP contribution in [0, 0.1) is 0 Å². The maximum atomic E-state index is 8.61. The molecule has 0 N–H and O–H groups in total. The van der Waals surface area contributed by atoms with Crippen LogP contribution in [0.25, 0.3) is 0 Å². The summed E-state index contributed by atoms with van der Waals surface area (Å²) >= 11 is -4.28. The van der Waals surface area contributed by atoms with Crippen molar-refractivity contribution in [1.29, 1.82) is 0 Å². The molecular formula is CdO3SW. The van der Waals surface area contributed by atoms with E-state index in [0.29, 0.717) is 0 Å². The van der Waals surface area contributed by atoms with Gasteiger partial charge in [-0.05, 0) is 0 Å². The van der Waals surface area contributed by atoms with Crippen molar-refractivity contribution in [3.8, 4) is 0 Å². The molecule has 0 saturated heterocycles. The van der Waals surface area contributed by atoms with E-state index in [1.807, 2.05) is 0 Å². The molecule has 3 nitrogen and oxygen atoms in total. The van der Waals surface area contributed by atoms with Crippen LogP contribution in [0.5, 0.6) is 0 Å². The Bertz CT molecular complexity index is 80.2. The molecular weight excluding hydrogens is 376 g/mol. The summed E-state index contributed by atoms with van der Waals surface area (Å²) in [5.41, 5.74) is 0. The first kappa shape index (κ1) is 15.7. The summed E-state index contributed by atoms with van der Waals surface area (Å²) in [7, 11) is 0. The van der Waals surface area contributed by atoms with Crippen LogP contribution in [0.15, 0.2) is 0 Å². The molecule has 0 atom stereocenters. The Morgan fingerprint density at radius 2 is 1.00 bits per heavy atom. The molecule has 0 aliphatic heterocycles. The molecule has 0 aliphatic rings. The second-order valence-electron chi connectivity index (χ2n) is 0.204. The van der Waals surface area contributed by atoms with Crippen LogP contribution in [0.3, 0.4) is 0 Å². The molecule has 6 heavy (non-hydrogen) atoms. The SMILES string of the molecule is [Cd+2].[O]=[W](=[O])=[O].[S-2]. The van der Waals surface area contributed by atoms with E-state index in [2.05, 4.69) is 0 Å². The Kier molecular flexibility index (Phi) is 25.1. The van der Waals surface area contributed by atoms with E-state index in [1.54, 1.807) is 0 Å². The number of rotatable bonds is 0. The maximum Gasteiger partial charge on any atom is -2.00 e. The Morgan fingerprint density at radius 1 is 1.00 bits per heavy atom. The molecule has 0 rings (SSSR count). The van der Waals surface area contributed by atoms with Gasteiger partial charge in [-0.3, -0.25) is 0 Å². The molecule has 32 valence electrons. The van der Waals surface area contributed by atoms with Crippen molar-refractivity contribution < 1.29 is 54.7 Å². The van der Waals surface area contributed by atoms with Crippen molar-refractivity contribution in [3.05, 3.63) is 0 Å². The first-order valence-corrected chi connectivity index (χ1v) is 4.09. The van der Waals surface area contributed by atoms with Gasteiger partial charge < -0.3 is 13.5 Å². The van der Waals surface area contributed by atoms with Gasteiger partial charge in [0.25, 0.3) is 0 Å². The van der Waals surface area contributed by atoms with Gasteiger partial charge in [-0.15, -0.1) is 0 Å². The molecule has 0 heterocycles. The second-order valence-corrected chi connectivity index (χ2v) is 1.67. The first-order valence-electron chi connectivity index (χ1n) is 0.500. The topological polar surface area (TPSA) is 51.2 Å². The smallest absolute Gasteiger partial charge is 2.00 e. The molecule has 0 aromatic heterocycles. The van der Waals surface area contributed by atoms with Gasteiger partial charge in [0, 0.05) is 0 Å². The minimum absolute atomic E-state index is 0. The Hall–Kier alpha value is 1.36. The zero-order valence-electron chi connectivity index (χ0n) is 2.75. The fraction of sp³-hybridized carbons (Fsp3) is 0. The Labute approximate surface area is 67.6 Å². The maximum absolute atomic E-state index is 8.61. The van der Waals surface area contributed by atoms with Gasteiger partial charge in [0.05, 0.1) is 0 Å². The van der Waals surface area contributed by atoms with E-state index in [1.165, 1.54) is 0 Å². The van der Waals surface area contributed by atoms with E-state index in [4.69, 9.17) is 10.2 Å². The molecule has 0 saturated carbocycles. The van der Waals surface area contributed by atoms with Gasteiger partial charge in [0.1, 0.15) is 0 Å². The molecule has 0 fully saturated rings. The molecule has 0 unspecified atom stereocenters. The summed E-state index contributed by atoms with van der Waals surface area (Å²) < 4.78 is 25.8. The van der Waals surface area contributed by atoms with Crippen molar-refractivity contribution in [2.45, 2.75) is 0 Å². The monoisotopic (exact) mass is 378 g/mol. The summed E-state index contributed by atoms with van der Waals surface area (Å²) in [5, 5.41) is 0. The zero-order chi connectivity index (χ0) is 3.58. The van der Waals surface area contributed by atoms with Crippen molar-refractivity contribution >= 4 is 13.5 Å². The summed E-state index contributed by atoms with van der Waals surface area (Å²) in [4.78, 5) is 0. The molecule has 0 aromatic carbocycles. The molecule has 0 bridgehead atoms. The largest absolute Gasteiger partial charge is 2.00 e. The van der Waals surface area contributed by atoms with Crippen LogP contribution in [0.2, 0.25) is 0 Å². The summed E-state index contributed by atoms with van der Waals surface area (Å²) in [6, 6.07) is 0. The third-order valence-electron chi connectivity index (χ3n) is 0. The van der Waals surface area contributed by atoms with Crippen molar-refractivity contribution in [2.24, 2.45) is 0 Å². The van der Waals surface area contributed by atoms with Gasteiger partial charge in [0.2, 0.25) is 0 Å². The van der Waals surface area contributed by atoms with Crippen LogP contribution in [0.4, 0.5) is 0 Å². The number of hydrogen-bond donors (Lipinski definition) is 0. The van der Waals surface area contributed by atoms with Crippen molar-refractivity contribution in [1.82, 2.24) is 0 Å². The molecule has 0 spiro atoms. The van der Waals surface area contributed by atoms with Crippen LogP contribution in [0.1, 0.15) is 0 Å². The van der Waals surface area contributed by atoms with Crippen LogP contribution < -0.4 is 0 Å². The third-order valence-corrected chi connectivity index (χ3v) is 0. The standard InChI is InChI=1S/Cd.3O.S.W/q+2;;;;-2;. The van der Waals surface area contributed by atoms with Crippen LogP contribution in [-0.4, -0.2) is 0 Å². The third kappa shape index (κ3) is 55.1. The van der Waals surface area contributed by atoms with Crippen LogP contribution >= 0.6 is 0 Å². The fourth-order valence-electron chi connectivity index (χ4n) is 0. The van der Waals surface area contributed by atoms with Gasteiger partial charge in [-0.1, -0.05) is 0 Å². The summed E-state index contributed by atoms with van der Waals surface area (Å²) in [6.07, 6.45) is 0. The predicted molar refractivity (Wildman–Crippen MR) is 9.42 cm³/mol.